The zero-order valence-electron chi connectivity index (χ0n) is 41.3. The van der Waals surface area contributed by atoms with Crippen LogP contribution in [0.25, 0.3) is 0 Å². The first-order valence-electron chi connectivity index (χ1n) is 22.3. The molecule has 0 saturated carbocycles. The minimum absolute atomic E-state index is 0.290. The highest BCUT2D eigenvalue weighted by Gasteiger charge is 2.50. The lowest BCUT2D eigenvalue weighted by molar-refractivity contribution is -0.0848. The molecule has 0 radical (unpaired) electrons. The largest absolute Gasteiger partial charge is 0.446 e. The molecular weight excluding hydrogens is 765 g/mol. The van der Waals surface area contributed by atoms with Gasteiger partial charge in [0.25, 0.3) is 0 Å². The number of ether oxygens (including phenoxy) is 4. The Kier molecular flexibility index (Phi) is 14.0. The van der Waals surface area contributed by atoms with Crippen molar-refractivity contribution in [2.24, 2.45) is 0 Å². The topological polar surface area (TPSA) is 125 Å². The Hall–Kier alpha value is -2.68. The van der Waals surface area contributed by atoms with Crippen LogP contribution in [-0.4, -0.2) is 164 Å². The molecule has 4 rings (SSSR count). The molecule has 0 atom stereocenters. The molecule has 0 spiro atoms. The van der Waals surface area contributed by atoms with Gasteiger partial charge >= 0.3 is 24.4 Å². The Morgan fingerprint density at radius 2 is 0.483 bits per heavy atom. The fraction of sp³-hybridized carbons (Fsp3) is 0.913. The fourth-order valence-electron chi connectivity index (χ4n) is 11.0. The first-order valence-corrected chi connectivity index (χ1v) is 22.3. The molecular formula is C46H84N6O8. The number of hydrogen-bond acceptors (Lipinski definition) is 12. The summed E-state index contributed by atoms with van der Waals surface area (Å²) in [6.07, 6.45) is -1.08. The summed E-state index contributed by atoms with van der Waals surface area (Å²) in [5, 5.41) is 0. The minimum atomic E-state index is -0.882. The van der Waals surface area contributed by atoms with Gasteiger partial charge in [0.05, 0.1) is 13.1 Å². The van der Waals surface area contributed by atoms with Crippen molar-refractivity contribution in [3.05, 3.63) is 0 Å². The number of rotatable bonds is 7. The van der Waals surface area contributed by atoms with Crippen LogP contribution in [0.3, 0.4) is 0 Å². The number of carbonyl (C=O) groups excluding carboxylic acids is 4. The Morgan fingerprint density at radius 1 is 0.350 bits per heavy atom. The third-order valence-corrected chi connectivity index (χ3v) is 15.6. The second-order valence-electron chi connectivity index (χ2n) is 23.7. The van der Waals surface area contributed by atoms with Crippen molar-refractivity contribution in [2.75, 3.05) is 41.3 Å². The summed E-state index contributed by atoms with van der Waals surface area (Å²) in [6, 6.07) is 0. The van der Waals surface area contributed by atoms with Crippen LogP contribution in [0.5, 0.6) is 0 Å². The highest BCUT2D eigenvalue weighted by molar-refractivity contribution is 5.90. The quantitative estimate of drug-likeness (QED) is 0.228. The predicted octanol–water partition coefficient (Wildman–Crippen LogP) is 8.74. The average molecular weight is 849 g/mol. The van der Waals surface area contributed by atoms with Crippen molar-refractivity contribution < 1.29 is 38.1 Å². The monoisotopic (exact) mass is 849 g/mol. The van der Waals surface area contributed by atoms with Crippen LogP contribution in [0, 0.1) is 0 Å². The van der Waals surface area contributed by atoms with Crippen LogP contribution in [0.15, 0.2) is 0 Å². The molecule has 14 heteroatoms. The van der Waals surface area contributed by atoms with Crippen molar-refractivity contribution in [2.45, 2.75) is 231 Å². The molecule has 4 aliphatic heterocycles. The van der Waals surface area contributed by atoms with Gasteiger partial charge in [-0.3, -0.25) is 19.6 Å². The summed E-state index contributed by atoms with van der Waals surface area (Å²) in [4.78, 5) is 68.4. The smallest absolute Gasteiger partial charge is 0.419 e. The fourth-order valence-corrected chi connectivity index (χ4v) is 11.0. The molecule has 0 unspecified atom stereocenters. The lowest BCUT2D eigenvalue weighted by Gasteiger charge is -2.53. The number of nitrogens with zero attached hydrogens (tertiary/aromatic N) is 6. The molecule has 4 saturated heterocycles. The van der Waals surface area contributed by atoms with Gasteiger partial charge in [0.1, 0.15) is 24.4 Å². The number of carbonyl (C=O) groups is 4. The Bertz CT molecular complexity index is 1300. The van der Waals surface area contributed by atoms with Crippen LogP contribution in [0.2, 0.25) is 0 Å². The van der Waals surface area contributed by atoms with Crippen molar-refractivity contribution in [3.8, 4) is 0 Å². The molecule has 0 aliphatic carbocycles. The summed E-state index contributed by atoms with van der Waals surface area (Å²) in [5.74, 6) is 0. The molecule has 4 amide bonds. The minimum Gasteiger partial charge on any atom is -0.446 e. The zero-order valence-corrected chi connectivity index (χ0v) is 41.3. The van der Waals surface area contributed by atoms with E-state index in [4.69, 9.17) is 18.9 Å². The molecule has 0 N–H and O–H groups in total. The van der Waals surface area contributed by atoms with Crippen LogP contribution in [-0.2, 0) is 18.9 Å². The SMILES string of the molecule is CN1C(C)(C)CC(OC(=O)N(CCN(C(=O)OC2CC(C)(C)N(C)C(C)(C)C2)C(=O)OC2CC(C)(C)N(C)C(C)(C)C2)C(=O)OC2CC(C)(C)N(C)C(C)(C)C2)CC1(C)C. The van der Waals surface area contributed by atoms with Gasteiger partial charge in [-0.05, 0) is 139 Å². The van der Waals surface area contributed by atoms with Crippen molar-refractivity contribution in [1.82, 2.24) is 29.4 Å². The first kappa shape index (κ1) is 50.0. The van der Waals surface area contributed by atoms with Gasteiger partial charge in [0, 0.05) is 95.7 Å². The summed E-state index contributed by atoms with van der Waals surface area (Å²) in [5.41, 5.74) is -2.32. The number of piperidine rings is 4. The summed E-state index contributed by atoms with van der Waals surface area (Å²) < 4.78 is 24.7. The van der Waals surface area contributed by atoms with Gasteiger partial charge < -0.3 is 18.9 Å². The summed E-state index contributed by atoms with van der Waals surface area (Å²) in [7, 11) is 8.28. The van der Waals surface area contributed by atoms with E-state index >= 15 is 0 Å². The van der Waals surface area contributed by atoms with Gasteiger partial charge in [0.15, 0.2) is 0 Å². The molecule has 0 aromatic heterocycles. The number of hydrogen-bond donors (Lipinski definition) is 0. The first-order chi connectivity index (χ1) is 26.9. The van der Waals surface area contributed by atoms with E-state index in [0.717, 1.165) is 9.80 Å². The molecule has 346 valence electrons. The third kappa shape index (κ3) is 10.9. The van der Waals surface area contributed by atoms with Crippen LogP contribution >= 0.6 is 0 Å². The number of imide groups is 2. The molecule has 60 heavy (non-hydrogen) atoms. The van der Waals surface area contributed by atoms with E-state index in [1.165, 1.54) is 0 Å². The van der Waals surface area contributed by atoms with Crippen molar-refractivity contribution in [3.63, 3.8) is 0 Å². The van der Waals surface area contributed by atoms with Gasteiger partial charge in [-0.1, -0.05) is 0 Å². The highest BCUT2D eigenvalue weighted by Crippen LogP contribution is 2.42. The van der Waals surface area contributed by atoms with Gasteiger partial charge in [-0.25, -0.2) is 29.0 Å². The van der Waals surface area contributed by atoms with Gasteiger partial charge in [-0.2, -0.15) is 0 Å². The second kappa shape index (κ2) is 16.8. The van der Waals surface area contributed by atoms with Crippen LogP contribution in [0.4, 0.5) is 19.2 Å². The van der Waals surface area contributed by atoms with Crippen molar-refractivity contribution >= 4 is 24.4 Å². The Balaban J connectivity index is 1.66. The van der Waals surface area contributed by atoms with Crippen LogP contribution < -0.4 is 0 Å². The molecule has 14 nitrogen and oxygen atoms in total. The van der Waals surface area contributed by atoms with E-state index in [1.54, 1.807) is 0 Å². The predicted molar refractivity (Wildman–Crippen MR) is 235 cm³/mol. The number of likely N-dealkylation sites (tertiary alicyclic amines) is 4. The van der Waals surface area contributed by atoms with E-state index in [1.807, 2.05) is 0 Å². The van der Waals surface area contributed by atoms with E-state index in [9.17, 15) is 19.2 Å². The van der Waals surface area contributed by atoms with E-state index in [0.29, 0.717) is 51.4 Å². The molecule has 0 aromatic rings. The van der Waals surface area contributed by atoms with E-state index in [-0.39, 0.29) is 57.4 Å². The zero-order chi connectivity index (χ0) is 46.0. The van der Waals surface area contributed by atoms with Crippen molar-refractivity contribution in [1.29, 1.82) is 0 Å². The number of amides is 4. The maximum Gasteiger partial charge on any atom is 0.419 e. The van der Waals surface area contributed by atoms with Crippen LogP contribution in [0.1, 0.15) is 162 Å². The third-order valence-electron chi connectivity index (χ3n) is 15.6. The Morgan fingerprint density at radius 3 is 0.617 bits per heavy atom. The average Bonchev–Trinajstić information content (AvgIpc) is 3.04. The standard InChI is InChI=1S/C46H84N6O8/c1-39(2)23-31(24-40(3,4)47(39)17)57-35(53)51(36(54)58-32-25-41(5,6)48(18)42(7,8)26-32)21-22-52(37(55)59-33-27-43(9,10)49(19)44(11,12)28-33)38(56)60-34-29-45(13,14)50(20)46(15,16)30-34/h31-34H,21-30H2,1-20H3. The molecule has 4 aliphatic rings. The second-order valence-corrected chi connectivity index (χ2v) is 23.7. The van der Waals surface area contributed by atoms with Gasteiger partial charge in [0.2, 0.25) is 0 Å². The maximum absolute atomic E-state index is 14.4. The lowest BCUT2D eigenvalue weighted by Crippen LogP contribution is -2.61. The van der Waals surface area contributed by atoms with Gasteiger partial charge in [-0.15, -0.1) is 0 Å². The lowest BCUT2D eigenvalue weighted by atomic mass is 9.79. The summed E-state index contributed by atoms with van der Waals surface area (Å²) in [6.45, 7) is 33.0. The molecule has 0 aromatic carbocycles. The highest BCUT2D eigenvalue weighted by atomic mass is 16.6. The van der Waals surface area contributed by atoms with E-state index < -0.39 is 48.8 Å². The summed E-state index contributed by atoms with van der Waals surface area (Å²) >= 11 is 0. The molecule has 0 bridgehead atoms. The molecule has 4 fully saturated rings. The maximum atomic E-state index is 14.4. The Labute approximate surface area is 363 Å². The normalized spacial score (nSPS) is 27.1. The van der Waals surface area contributed by atoms with E-state index in [2.05, 4.69) is 159 Å². The molecule has 4 heterocycles.